The molecular formula is C19H22F2N6O. The zero-order valence-electron chi connectivity index (χ0n) is 16.0. The van der Waals surface area contributed by atoms with Gasteiger partial charge in [-0.05, 0) is 39.7 Å². The number of anilines is 1. The Hall–Kier alpha value is -2.84. The Kier molecular flexibility index (Phi) is 4.60. The Labute approximate surface area is 160 Å². The van der Waals surface area contributed by atoms with Crippen LogP contribution in [0.25, 0.3) is 11.0 Å². The number of pyridine rings is 1. The van der Waals surface area contributed by atoms with E-state index in [2.05, 4.69) is 20.5 Å². The molecule has 1 amide bonds. The Balaban J connectivity index is 1.66. The summed E-state index contributed by atoms with van der Waals surface area (Å²) in [6, 6.07) is 1.49. The third-order valence-corrected chi connectivity index (χ3v) is 5.13. The summed E-state index contributed by atoms with van der Waals surface area (Å²) in [7, 11) is 0. The van der Waals surface area contributed by atoms with Gasteiger partial charge in [0.05, 0.1) is 28.7 Å². The molecule has 1 saturated carbocycles. The topological polar surface area (TPSA) is 77.6 Å². The zero-order valence-corrected chi connectivity index (χ0v) is 16.0. The normalized spacial score (nSPS) is 14.2. The summed E-state index contributed by atoms with van der Waals surface area (Å²) in [4.78, 5) is 17.1. The number of carbonyl (C=O) groups is 1. The molecule has 148 valence electrons. The van der Waals surface area contributed by atoms with E-state index >= 15 is 0 Å². The zero-order chi connectivity index (χ0) is 20.0. The van der Waals surface area contributed by atoms with Gasteiger partial charge in [0.1, 0.15) is 6.54 Å². The minimum atomic E-state index is -2.62. The van der Waals surface area contributed by atoms with Gasteiger partial charge in [0.15, 0.2) is 5.65 Å². The van der Waals surface area contributed by atoms with E-state index in [4.69, 9.17) is 0 Å². The summed E-state index contributed by atoms with van der Waals surface area (Å²) in [5.74, 6) is -0.0812. The number of aryl methyl sites for hydroxylation is 2. The molecule has 0 spiro atoms. The van der Waals surface area contributed by atoms with Gasteiger partial charge in [0.25, 0.3) is 6.43 Å². The van der Waals surface area contributed by atoms with Crippen LogP contribution in [0.4, 0.5) is 14.5 Å². The highest BCUT2D eigenvalue weighted by atomic mass is 19.3. The van der Waals surface area contributed by atoms with Crippen molar-refractivity contribution in [2.24, 2.45) is 0 Å². The van der Waals surface area contributed by atoms with Crippen LogP contribution in [0.1, 0.15) is 54.8 Å². The minimum Gasteiger partial charge on any atom is -0.322 e. The van der Waals surface area contributed by atoms with Gasteiger partial charge in [0, 0.05) is 23.7 Å². The van der Waals surface area contributed by atoms with E-state index in [1.165, 1.54) is 10.7 Å². The number of hydrogen-bond donors (Lipinski definition) is 1. The van der Waals surface area contributed by atoms with E-state index < -0.39 is 6.43 Å². The van der Waals surface area contributed by atoms with Gasteiger partial charge >= 0.3 is 0 Å². The molecule has 3 aromatic heterocycles. The SMILES string of the molecule is CCn1ncc(NC(=O)Cn2nc(C)c3c(C(F)F)cc(C4CC4)nc32)c1C. The predicted octanol–water partition coefficient (Wildman–Crippen LogP) is 3.72. The van der Waals surface area contributed by atoms with E-state index in [1.807, 2.05) is 13.8 Å². The van der Waals surface area contributed by atoms with Crippen LogP contribution in [-0.2, 0) is 17.9 Å². The molecule has 3 aromatic rings. The van der Waals surface area contributed by atoms with E-state index in [0.717, 1.165) is 18.5 Å². The van der Waals surface area contributed by atoms with Crippen LogP contribution in [0.2, 0.25) is 0 Å². The van der Waals surface area contributed by atoms with Crippen LogP contribution in [0.15, 0.2) is 12.3 Å². The molecule has 0 unspecified atom stereocenters. The second kappa shape index (κ2) is 6.96. The number of aromatic nitrogens is 5. The fraction of sp³-hybridized carbons (Fsp3) is 0.474. The number of amides is 1. The number of nitrogens with zero attached hydrogens (tertiary/aromatic N) is 5. The molecule has 0 aromatic carbocycles. The van der Waals surface area contributed by atoms with Gasteiger partial charge in [-0.15, -0.1) is 0 Å². The molecule has 28 heavy (non-hydrogen) atoms. The first-order valence-electron chi connectivity index (χ1n) is 9.37. The van der Waals surface area contributed by atoms with Crippen molar-refractivity contribution in [2.45, 2.75) is 59.0 Å². The molecule has 4 rings (SSSR count). The minimum absolute atomic E-state index is 0.0591. The van der Waals surface area contributed by atoms with Gasteiger partial charge in [-0.1, -0.05) is 0 Å². The number of rotatable bonds is 6. The highest BCUT2D eigenvalue weighted by molar-refractivity contribution is 5.92. The van der Waals surface area contributed by atoms with E-state index in [9.17, 15) is 13.6 Å². The standard InChI is InChI=1S/C19H22F2N6O/c1-4-26-11(3)15(8-22-26)23-16(28)9-27-19-17(10(2)25-27)13(18(20)21)7-14(24-19)12-5-6-12/h7-8,12,18H,4-6,9H2,1-3H3,(H,23,28). The summed E-state index contributed by atoms with van der Waals surface area (Å²) >= 11 is 0. The summed E-state index contributed by atoms with van der Waals surface area (Å²) in [6.07, 6.45) is 0.891. The van der Waals surface area contributed by atoms with Crippen molar-refractivity contribution >= 4 is 22.6 Å². The average molecular weight is 388 g/mol. The van der Waals surface area contributed by atoms with Gasteiger partial charge in [-0.25, -0.2) is 18.4 Å². The van der Waals surface area contributed by atoms with Crippen molar-refractivity contribution in [1.29, 1.82) is 0 Å². The first-order chi connectivity index (χ1) is 13.4. The van der Waals surface area contributed by atoms with Gasteiger partial charge < -0.3 is 5.32 Å². The summed E-state index contributed by atoms with van der Waals surface area (Å²) < 4.78 is 30.4. The second-order valence-electron chi connectivity index (χ2n) is 7.16. The van der Waals surface area contributed by atoms with Crippen molar-refractivity contribution in [3.05, 3.63) is 34.9 Å². The summed E-state index contributed by atoms with van der Waals surface area (Å²) in [6.45, 7) is 6.10. The first kappa shape index (κ1) is 18.5. The first-order valence-corrected chi connectivity index (χ1v) is 9.37. The van der Waals surface area contributed by atoms with Gasteiger partial charge in [-0.2, -0.15) is 10.2 Å². The average Bonchev–Trinajstić information content (AvgIpc) is 3.39. The van der Waals surface area contributed by atoms with E-state index in [0.29, 0.717) is 34.7 Å². The van der Waals surface area contributed by atoms with Crippen molar-refractivity contribution < 1.29 is 13.6 Å². The second-order valence-corrected chi connectivity index (χ2v) is 7.16. The van der Waals surface area contributed by atoms with Crippen LogP contribution >= 0.6 is 0 Å². The molecule has 1 N–H and O–H groups in total. The van der Waals surface area contributed by atoms with Crippen LogP contribution < -0.4 is 5.32 Å². The van der Waals surface area contributed by atoms with E-state index in [1.54, 1.807) is 17.8 Å². The lowest BCUT2D eigenvalue weighted by Gasteiger charge is -2.08. The summed E-state index contributed by atoms with van der Waals surface area (Å²) in [5.41, 5.74) is 2.86. The number of fused-ring (bicyclic) bond motifs is 1. The van der Waals surface area contributed by atoms with Gasteiger partial charge in [0.2, 0.25) is 5.91 Å². The number of hydrogen-bond acceptors (Lipinski definition) is 4. The van der Waals surface area contributed by atoms with Crippen molar-refractivity contribution in [3.63, 3.8) is 0 Å². The molecule has 0 saturated heterocycles. The molecule has 1 fully saturated rings. The lowest BCUT2D eigenvalue weighted by Crippen LogP contribution is -2.20. The Morgan fingerprint density at radius 2 is 2.07 bits per heavy atom. The molecule has 0 aliphatic heterocycles. The van der Waals surface area contributed by atoms with Crippen molar-refractivity contribution in [3.8, 4) is 0 Å². The third kappa shape index (κ3) is 3.25. The number of halogens is 2. The van der Waals surface area contributed by atoms with Crippen LogP contribution in [-0.4, -0.2) is 30.5 Å². The quantitative estimate of drug-likeness (QED) is 0.698. The maximum absolute atomic E-state index is 13.6. The largest absolute Gasteiger partial charge is 0.322 e. The predicted molar refractivity (Wildman–Crippen MR) is 100 cm³/mol. The lowest BCUT2D eigenvalue weighted by atomic mass is 10.1. The van der Waals surface area contributed by atoms with Crippen molar-refractivity contribution in [2.75, 3.05) is 5.32 Å². The number of carbonyl (C=O) groups excluding carboxylic acids is 1. The molecule has 0 bridgehead atoms. The van der Waals surface area contributed by atoms with Crippen LogP contribution in [0.5, 0.6) is 0 Å². The summed E-state index contributed by atoms with van der Waals surface area (Å²) in [5, 5.41) is 11.7. The highest BCUT2D eigenvalue weighted by Gasteiger charge is 2.29. The molecule has 9 heteroatoms. The fourth-order valence-corrected chi connectivity index (χ4v) is 3.49. The molecule has 0 radical (unpaired) electrons. The molecule has 1 aliphatic carbocycles. The smallest absolute Gasteiger partial charge is 0.264 e. The van der Waals surface area contributed by atoms with Crippen molar-refractivity contribution in [1.82, 2.24) is 24.5 Å². The Bertz CT molecular complexity index is 1050. The van der Waals surface area contributed by atoms with Gasteiger partial charge in [-0.3, -0.25) is 9.48 Å². The maximum atomic E-state index is 13.6. The maximum Gasteiger partial charge on any atom is 0.264 e. The Morgan fingerprint density at radius 3 is 2.68 bits per heavy atom. The molecule has 3 heterocycles. The lowest BCUT2D eigenvalue weighted by molar-refractivity contribution is -0.116. The van der Waals surface area contributed by atoms with E-state index in [-0.39, 0.29) is 23.9 Å². The third-order valence-electron chi connectivity index (χ3n) is 5.13. The molecular weight excluding hydrogens is 366 g/mol. The van der Waals surface area contributed by atoms with Crippen LogP contribution in [0, 0.1) is 13.8 Å². The fourth-order valence-electron chi connectivity index (χ4n) is 3.49. The monoisotopic (exact) mass is 388 g/mol. The van der Waals surface area contributed by atoms with Crippen LogP contribution in [0.3, 0.4) is 0 Å². The molecule has 7 nitrogen and oxygen atoms in total. The molecule has 1 aliphatic rings. The Morgan fingerprint density at radius 1 is 1.32 bits per heavy atom. The molecule has 0 atom stereocenters. The number of nitrogens with one attached hydrogen (secondary N) is 1. The number of alkyl halides is 2. The highest BCUT2D eigenvalue weighted by Crippen LogP contribution is 2.41.